The molecule has 2 N–H and O–H groups in total. The average Bonchev–Trinajstić information content (AvgIpc) is 3.52. The van der Waals surface area contributed by atoms with Gasteiger partial charge >= 0.3 is 0 Å². The van der Waals surface area contributed by atoms with Crippen molar-refractivity contribution in [2.45, 2.75) is 32.1 Å². The van der Waals surface area contributed by atoms with Crippen LogP contribution in [-0.2, 0) is 17.6 Å². The van der Waals surface area contributed by atoms with Crippen molar-refractivity contribution < 1.29 is 14.0 Å². The molecule has 2 aromatic heterocycles. The molecule has 2 aliphatic rings. The average molecular weight is 404 g/mol. The molecule has 1 fully saturated rings. The summed E-state index contributed by atoms with van der Waals surface area (Å²) in [6, 6.07) is 11.3. The Morgan fingerprint density at radius 2 is 2.00 bits per heavy atom. The number of carbonyl (C=O) groups is 2. The number of likely N-dealkylation sites (tertiary alicyclic amines) is 1. The topological polar surface area (TPSA) is 91.2 Å². The van der Waals surface area contributed by atoms with Crippen LogP contribution in [0.3, 0.4) is 0 Å². The number of amides is 2. The molecule has 1 aliphatic carbocycles. The standard InChI is InChI=1S/C23H24N4O3/c28-22(24-17-10-8-15(9-11-17)20-7-3-13-30-20)16-4-2-12-27(14-16)23(29)21-18-5-1-6-19(18)25-26-21/h3,7-11,13,16H,1-2,4-6,12,14H2,(H,24,28)(H,25,26). The number of nitrogens with one attached hydrogen (secondary N) is 2. The third kappa shape index (κ3) is 3.51. The summed E-state index contributed by atoms with van der Waals surface area (Å²) in [6.45, 7) is 1.10. The summed E-state index contributed by atoms with van der Waals surface area (Å²) >= 11 is 0. The van der Waals surface area contributed by atoms with E-state index in [-0.39, 0.29) is 17.7 Å². The van der Waals surface area contributed by atoms with Crippen molar-refractivity contribution in [3.63, 3.8) is 0 Å². The van der Waals surface area contributed by atoms with E-state index < -0.39 is 0 Å². The summed E-state index contributed by atoms with van der Waals surface area (Å²) in [5.74, 6) is 0.457. The number of hydrogen-bond donors (Lipinski definition) is 2. The number of H-pyrrole nitrogens is 1. The maximum atomic E-state index is 13.0. The number of piperidine rings is 1. The molecule has 7 heteroatoms. The molecule has 1 unspecified atom stereocenters. The predicted octanol–water partition coefficient (Wildman–Crippen LogP) is 3.65. The second-order valence-corrected chi connectivity index (χ2v) is 8.02. The number of benzene rings is 1. The van der Waals surface area contributed by atoms with Crippen LogP contribution in [0.5, 0.6) is 0 Å². The van der Waals surface area contributed by atoms with Crippen LogP contribution in [0.25, 0.3) is 11.3 Å². The van der Waals surface area contributed by atoms with Crippen LogP contribution in [0.1, 0.15) is 41.0 Å². The van der Waals surface area contributed by atoms with Gasteiger partial charge in [0.2, 0.25) is 5.91 Å². The van der Waals surface area contributed by atoms with E-state index in [0.717, 1.165) is 60.4 Å². The number of aryl methyl sites for hydroxylation is 1. The van der Waals surface area contributed by atoms with Gasteiger partial charge in [-0.25, -0.2) is 0 Å². The molecule has 0 saturated carbocycles. The zero-order valence-corrected chi connectivity index (χ0v) is 16.7. The summed E-state index contributed by atoms with van der Waals surface area (Å²) in [5, 5.41) is 10.3. The molecule has 0 radical (unpaired) electrons. The van der Waals surface area contributed by atoms with E-state index >= 15 is 0 Å². The number of nitrogens with zero attached hydrogens (tertiary/aromatic N) is 2. The normalized spacial score (nSPS) is 18.3. The minimum absolute atomic E-state index is 0.0505. The molecule has 1 atom stereocenters. The van der Waals surface area contributed by atoms with E-state index in [1.165, 1.54) is 0 Å². The number of anilines is 1. The number of furan rings is 1. The smallest absolute Gasteiger partial charge is 0.274 e. The summed E-state index contributed by atoms with van der Waals surface area (Å²) in [4.78, 5) is 27.6. The molecule has 5 rings (SSSR count). The Morgan fingerprint density at radius 3 is 2.80 bits per heavy atom. The van der Waals surface area contributed by atoms with Gasteiger partial charge in [0.05, 0.1) is 12.2 Å². The SMILES string of the molecule is O=C(Nc1ccc(-c2ccco2)cc1)C1CCCN(C(=O)c2n[nH]c3c2CCC3)C1. The molecule has 3 aromatic rings. The van der Waals surface area contributed by atoms with Gasteiger partial charge in [-0.1, -0.05) is 0 Å². The Morgan fingerprint density at radius 1 is 1.13 bits per heavy atom. The molecule has 1 aliphatic heterocycles. The van der Waals surface area contributed by atoms with Gasteiger partial charge in [-0.15, -0.1) is 0 Å². The Balaban J connectivity index is 1.23. The van der Waals surface area contributed by atoms with E-state index in [1.54, 1.807) is 11.2 Å². The number of hydrogen-bond acceptors (Lipinski definition) is 4. The van der Waals surface area contributed by atoms with Gasteiger partial charge < -0.3 is 14.6 Å². The first-order valence-electron chi connectivity index (χ1n) is 10.5. The highest BCUT2D eigenvalue weighted by molar-refractivity contribution is 5.96. The summed E-state index contributed by atoms with van der Waals surface area (Å²) < 4.78 is 5.40. The van der Waals surface area contributed by atoms with Crippen molar-refractivity contribution in [2.75, 3.05) is 18.4 Å². The van der Waals surface area contributed by atoms with Crippen molar-refractivity contribution in [1.29, 1.82) is 0 Å². The van der Waals surface area contributed by atoms with Crippen LogP contribution in [0, 0.1) is 5.92 Å². The minimum Gasteiger partial charge on any atom is -0.464 e. The van der Waals surface area contributed by atoms with Gasteiger partial charge in [0.1, 0.15) is 5.76 Å². The van der Waals surface area contributed by atoms with Crippen LogP contribution in [0.15, 0.2) is 47.1 Å². The molecule has 30 heavy (non-hydrogen) atoms. The van der Waals surface area contributed by atoms with E-state index in [1.807, 2.05) is 36.4 Å². The summed E-state index contributed by atoms with van der Waals surface area (Å²) in [5.41, 5.74) is 4.38. The number of carbonyl (C=O) groups excluding carboxylic acids is 2. The molecule has 1 saturated heterocycles. The number of aromatic nitrogens is 2. The van der Waals surface area contributed by atoms with Gasteiger partial charge in [0.25, 0.3) is 5.91 Å². The lowest BCUT2D eigenvalue weighted by molar-refractivity contribution is -0.121. The second-order valence-electron chi connectivity index (χ2n) is 8.02. The largest absolute Gasteiger partial charge is 0.464 e. The van der Waals surface area contributed by atoms with Crippen molar-refractivity contribution in [2.24, 2.45) is 5.92 Å². The molecule has 0 spiro atoms. The van der Waals surface area contributed by atoms with Crippen LogP contribution < -0.4 is 5.32 Å². The first kappa shape index (κ1) is 18.7. The van der Waals surface area contributed by atoms with E-state index in [9.17, 15) is 9.59 Å². The van der Waals surface area contributed by atoms with Gasteiger partial charge in [0, 0.05) is 35.6 Å². The quantitative estimate of drug-likeness (QED) is 0.694. The second kappa shape index (κ2) is 7.82. The first-order valence-corrected chi connectivity index (χ1v) is 10.5. The first-order chi connectivity index (χ1) is 14.7. The number of fused-ring (bicyclic) bond motifs is 1. The molecule has 7 nitrogen and oxygen atoms in total. The Kier molecular flexibility index (Phi) is 4.86. The molecular formula is C23H24N4O3. The lowest BCUT2D eigenvalue weighted by atomic mass is 9.96. The van der Waals surface area contributed by atoms with Gasteiger partial charge in [-0.05, 0) is 68.5 Å². The van der Waals surface area contributed by atoms with E-state index in [0.29, 0.717) is 18.8 Å². The summed E-state index contributed by atoms with van der Waals surface area (Å²) in [7, 11) is 0. The fourth-order valence-corrected chi connectivity index (χ4v) is 4.43. The fourth-order valence-electron chi connectivity index (χ4n) is 4.43. The lowest BCUT2D eigenvalue weighted by Crippen LogP contribution is -2.44. The predicted molar refractivity (Wildman–Crippen MR) is 112 cm³/mol. The molecule has 154 valence electrons. The highest BCUT2D eigenvalue weighted by Crippen LogP contribution is 2.27. The molecule has 1 aromatic carbocycles. The monoisotopic (exact) mass is 404 g/mol. The van der Waals surface area contributed by atoms with Crippen LogP contribution >= 0.6 is 0 Å². The van der Waals surface area contributed by atoms with E-state index in [4.69, 9.17) is 4.42 Å². The molecule has 0 bridgehead atoms. The highest BCUT2D eigenvalue weighted by atomic mass is 16.3. The third-order valence-corrected chi connectivity index (χ3v) is 6.05. The number of aromatic amines is 1. The maximum absolute atomic E-state index is 13.0. The van der Waals surface area contributed by atoms with Crippen molar-refractivity contribution in [1.82, 2.24) is 15.1 Å². The minimum atomic E-state index is -0.223. The maximum Gasteiger partial charge on any atom is 0.274 e. The Hall–Kier alpha value is -3.35. The van der Waals surface area contributed by atoms with Gasteiger partial charge in [0.15, 0.2) is 5.69 Å². The van der Waals surface area contributed by atoms with Crippen LogP contribution in [0.4, 0.5) is 5.69 Å². The Bertz CT molecular complexity index is 1050. The fraction of sp³-hybridized carbons (Fsp3) is 0.348. The van der Waals surface area contributed by atoms with E-state index in [2.05, 4.69) is 15.5 Å². The van der Waals surface area contributed by atoms with Crippen LogP contribution in [-0.4, -0.2) is 40.0 Å². The van der Waals surface area contributed by atoms with Crippen molar-refractivity contribution in [3.05, 3.63) is 59.6 Å². The highest BCUT2D eigenvalue weighted by Gasteiger charge is 2.32. The lowest BCUT2D eigenvalue weighted by Gasteiger charge is -2.31. The Labute approximate surface area is 174 Å². The zero-order chi connectivity index (χ0) is 20.5. The third-order valence-electron chi connectivity index (χ3n) is 6.05. The van der Waals surface area contributed by atoms with Gasteiger partial charge in [-0.2, -0.15) is 5.10 Å². The van der Waals surface area contributed by atoms with Crippen LogP contribution in [0.2, 0.25) is 0 Å². The van der Waals surface area contributed by atoms with Crippen molar-refractivity contribution >= 4 is 17.5 Å². The van der Waals surface area contributed by atoms with Gasteiger partial charge in [-0.3, -0.25) is 14.7 Å². The number of rotatable bonds is 4. The molecular weight excluding hydrogens is 380 g/mol. The molecule has 2 amide bonds. The zero-order valence-electron chi connectivity index (χ0n) is 16.7. The summed E-state index contributed by atoms with van der Waals surface area (Å²) in [6.07, 6.45) is 6.15. The van der Waals surface area contributed by atoms with Crippen molar-refractivity contribution in [3.8, 4) is 11.3 Å². The molecule has 3 heterocycles.